The summed E-state index contributed by atoms with van der Waals surface area (Å²) >= 11 is 1.40. The van der Waals surface area contributed by atoms with Gasteiger partial charge in [-0.2, -0.15) is 0 Å². The number of pyridine rings is 1. The van der Waals surface area contributed by atoms with Crippen molar-refractivity contribution in [3.63, 3.8) is 0 Å². The van der Waals surface area contributed by atoms with Crippen molar-refractivity contribution in [1.82, 2.24) is 24.8 Å². The quantitative estimate of drug-likeness (QED) is 0.463. The third-order valence-electron chi connectivity index (χ3n) is 5.21. The van der Waals surface area contributed by atoms with Crippen LogP contribution in [0, 0.1) is 6.92 Å². The molecule has 4 rings (SSSR count). The first-order chi connectivity index (χ1) is 14.5. The molecule has 0 saturated heterocycles. The molecule has 0 radical (unpaired) electrons. The molecule has 154 valence electrons. The molecule has 0 aliphatic carbocycles. The minimum absolute atomic E-state index is 0.0176. The lowest BCUT2D eigenvalue weighted by Gasteiger charge is -2.25. The molecule has 2 aromatic carbocycles. The van der Waals surface area contributed by atoms with Gasteiger partial charge >= 0.3 is 0 Å². The van der Waals surface area contributed by atoms with Crippen LogP contribution in [-0.4, -0.2) is 51.8 Å². The maximum atomic E-state index is 12.5. The summed E-state index contributed by atoms with van der Waals surface area (Å²) in [7, 11) is 4.04. The van der Waals surface area contributed by atoms with Crippen molar-refractivity contribution in [3.8, 4) is 0 Å². The van der Waals surface area contributed by atoms with Crippen molar-refractivity contribution in [3.05, 3.63) is 71.8 Å². The zero-order valence-corrected chi connectivity index (χ0v) is 18.2. The maximum absolute atomic E-state index is 12.5. The number of hydrogen-bond acceptors (Lipinski definition) is 5. The zero-order chi connectivity index (χ0) is 21.1. The van der Waals surface area contributed by atoms with Gasteiger partial charge in [0, 0.05) is 11.9 Å². The Kier molecular flexibility index (Phi) is 6.01. The highest BCUT2D eigenvalue weighted by molar-refractivity contribution is 7.99. The lowest BCUT2D eigenvalue weighted by Crippen LogP contribution is -2.35. The number of benzene rings is 2. The molecule has 6 nitrogen and oxygen atoms in total. The highest BCUT2D eigenvalue weighted by Gasteiger charge is 2.16. The number of nitrogens with one attached hydrogen (secondary N) is 1. The molecule has 0 aliphatic rings. The van der Waals surface area contributed by atoms with E-state index in [0.717, 1.165) is 27.3 Å². The Hall–Kier alpha value is -2.90. The first-order valence-electron chi connectivity index (χ1n) is 9.89. The number of aryl methyl sites for hydroxylation is 1. The fraction of sp³-hybridized carbons (Fsp3) is 0.261. The van der Waals surface area contributed by atoms with Crippen LogP contribution in [0.25, 0.3) is 16.6 Å². The predicted octanol–water partition coefficient (Wildman–Crippen LogP) is 3.70. The van der Waals surface area contributed by atoms with Gasteiger partial charge in [-0.05, 0) is 44.3 Å². The molecule has 30 heavy (non-hydrogen) atoms. The summed E-state index contributed by atoms with van der Waals surface area (Å²) in [4.78, 5) is 14.7. The Morgan fingerprint density at radius 3 is 2.60 bits per heavy atom. The number of thioether (sulfide) groups is 1. The summed E-state index contributed by atoms with van der Waals surface area (Å²) in [6.07, 6.45) is 0. The third kappa shape index (κ3) is 4.17. The fourth-order valence-electron chi connectivity index (χ4n) is 3.63. The van der Waals surface area contributed by atoms with Gasteiger partial charge in [-0.25, -0.2) is 0 Å². The molecule has 0 fully saturated rings. The molecule has 0 aliphatic heterocycles. The number of carbonyl (C=O) groups excluding carboxylic acids is 1. The Morgan fingerprint density at radius 1 is 1.10 bits per heavy atom. The maximum Gasteiger partial charge on any atom is 0.230 e. The molecule has 7 heteroatoms. The van der Waals surface area contributed by atoms with Crippen molar-refractivity contribution in [1.29, 1.82) is 0 Å². The molecule has 0 bridgehead atoms. The highest BCUT2D eigenvalue weighted by Crippen LogP contribution is 2.25. The van der Waals surface area contributed by atoms with E-state index < -0.39 is 0 Å². The third-order valence-corrected chi connectivity index (χ3v) is 6.14. The minimum atomic E-state index is -0.0176. The molecular formula is C23H25N5OS. The topological polar surface area (TPSA) is 62.5 Å². The molecule has 4 aromatic rings. The van der Waals surface area contributed by atoms with Gasteiger partial charge in [0.1, 0.15) is 0 Å². The van der Waals surface area contributed by atoms with Gasteiger partial charge in [0.2, 0.25) is 5.91 Å². The molecule has 0 unspecified atom stereocenters. The van der Waals surface area contributed by atoms with Crippen LogP contribution in [0.2, 0.25) is 0 Å². The molecule has 2 heterocycles. The Balaban J connectivity index is 1.45. The van der Waals surface area contributed by atoms with Crippen LogP contribution in [0.1, 0.15) is 17.2 Å². The first kappa shape index (κ1) is 20.4. The zero-order valence-electron chi connectivity index (χ0n) is 17.4. The van der Waals surface area contributed by atoms with Crippen molar-refractivity contribution >= 4 is 34.2 Å². The van der Waals surface area contributed by atoms with Gasteiger partial charge < -0.3 is 10.2 Å². The highest BCUT2D eigenvalue weighted by atomic mass is 32.2. The Morgan fingerprint density at radius 2 is 1.83 bits per heavy atom. The summed E-state index contributed by atoms with van der Waals surface area (Å²) in [5.41, 5.74) is 4.19. The summed E-state index contributed by atoms with van der Waals surface area (Å²) in [5.74, 6) is 0.272. The van der Waals surface area contributed by atoms with Crippen molar-refractivity contribution < 1.29 is 4.79 Å². The summed E-state index contributed by atoms with van der Waals surface area (Å²) in [5, 5.41) is 13.6. The summed E-state index contributed by atoms with van der Waals surface area (Å²) in [6, 6.07) is 20.6. The average molecular weight is 420 g/mol. The van der Waals surface area contributed by atoms with Crippen molar-refractivity contribution in [2.24, 2.45) is 0 Å². The molecule has 0 saturated carbocycles. The van der Waals surface area contributed by atoms with Crippen LogP contribution in [0.15, 0.2) is 65.8 Å². The van der Waals surface area contributed by atoms with Crippen LogP contribution >= 0.6 is 11.8 Å². The number of nitrogens with zero attached hydrogens (tertiary/aromatic N) is 4. The number of aromatic nitrogens is 3. The molecule has 1 amide bonds. The van der Waals surface area contributed by atoms with Gasteiger partial charge in [0.25, 0.3) is 0 Å². The molecule has 0 spiro atoms. The van der Waals surface area contributed by atoms with Crippen LogP contribution < -0.4 is 5.32 Å². The van der Waals surface area contributed by atoms with Gasteiger partial charge in [0.05, 0.1) is 17.3 Å². The van der Waals surface area contributed by atoms with Gasteiger partial charge in [-0.15, -0.1) is 10.2 Å². The molecule has 2 aromatic heterocycles. The van der Waals surface area contributed by atoms with E-state index in [1.54, 1.807) is 0 Å². The van der Waals surface area contributed by atoms with E-state index in [2.05, 4.69) is 51.6 Å². The normalized spacial score (nSPS) is 12.5. The largest absolute Gasteiger partial charge is 0.353 e. The van der Waals surface area contributed by atoms with E-state index in [1.807, 2.05) is 54.9 Å². The van der Waals surface area contributed by atoms with Gasteiger partial charge in [-0.1, -0.05) is 60.3 Å². The van der Waals surface area contributed by atoms with E-state index in [0.29, 0.717) is 6.54 Å². The molecular weight excluding hydrogens is 394 g/mol. The summed E-state index contributed by atoms with van der Waals surface area (Å²) in [6.45, 7) is 2.63. The smallest absolute Gasteiger partial charge is 0.230 e. The monoisotopic (exact) mass is 419 g/mol. The number of rotatable bonds is 7. The van der Waals surface area contributed by atoms with Crippen molar-refractivity contribution in [2.45, 2.75) is 18.1 Å². The number of amides is 1. The van der Waals surface area contributed by atoms with Gasteiger partial charge in [0.15, 0.2) is 10.8 Å². The second-order valence-corrected chi connectivity index (χ2v) is 8.45. The number of hydrogen-bond donors (Lipinski definition) is 1. The van der Waals surface area contributed by atoms with Crippen LogP contribution in [0.3, 0.4) is 0 Å². The second-order valence-electron chi connectivity index (χ2n) is 7.50. The van der Waals surface area contributed by atoms with Crippen molar-refractivity contribution in [2.75, 3.05) is 26.4 Å². The second kappa shape index (κ2) is 8.85. The predicted molar refractivity (Wildman–Crippen MR) is 122 cm³/mol. The summed E-state index contributed by atoms with van der Waals surface area (Å²) < 4.78 is 2.02. The fourth-order valence-corrected chi connectivity index (χ4v) is 4.42. The average Bonchev–Trinajstić information content (AvgIpc) is 3.16. The molecule has 1 atom stereocenters. The van der Waals surface area contributed by atoms with E-state index in [4.69, 9.17) is 0 Å². The lowest BCUT2D eigenvalue weighted by atomic mass is 10.1. The van der Waals surface area contributed by atoms with Crippen LogP contribution in [0.4, 0.5) is 0 Å². The molecule has 1 N–H and O–H groups in total. The van der Waals surface area contributed by atoms with Gasteiger partial charge in [-0.3, -0.25) is 9.20 Å². The van der Waals surface area contributed by atoms with Crippen LogP contribution in [-0.2, 0) is 4.79 Å². The Bertz CT molecular complexity index is 1170. The van der Waals surface area contributed by atoms with E-state index in [1.165, 1.54) is 17.3 Å². The Labute approximate surface area is 180 Å². The number of carbonyl (C=O) groups is 1. The van der Waals surface area contributed by atoms with E-state index in [-0.39, 0.29) is 17.7 Å². The number of likely N-dealkylation sites (N-methyl/N-ethyl adjacent to an activating group) is 1. The van der Waals surface area contributed by atoms with E-state index in [9.17, 15) is 4.79 Å². The van der Waals surface area contributed by atoms with Crippen LogP contribution in [0.5, 0.6) is 0 Å². The first-order valence-corrected chi connectivity index (χ1v) is 10.9. The number of fused-ring (bicyclic) bond motifs is 3. The number of para-hydroxylation sites is 1. The van der Waals surface area contributed by atoms with E-state index >= 15 is 0 Å². The minimum Gasteiger partial charge on any atom is -0.353 e. The SMILES string of the molecule is Cc1cc2nnc(SCC(=O)NC[C@@H](c3ccccc3)N(C)C)n2c2ccccc12. The lowest BCUT2D eigenvalue weighted by molar-refractivity contribution is -0.118. The standard InChI is InChI=1S/C23H25N5OS/c1-16-13-21-25-26-23(28(21)19-12-8-7-11-18(16)19)30-15-22(29)24-14-20(27(2)3)17-9-5-4-6-10-17/h4-13,20H,14-15H2,1-3H3,(H,24,29)/t20-/m0/s1.